The summed E-state index contributed by atoms with van der Waals surface area (Å²) in [6, 6.07) is 14.0. The van der Waals surface area contributed by atoms with Crippen LogP contribution in [0.1, 0.15) is 45.1 Å². The van der Waals surface area contributed by atoms with Gasteiger partial charge < -0.3 is 10.2 Å². The fourth-order valence-electron chi connectivity index (χ4n) is 5.08. The molecule has 1 aliphatic rings. The number of aromatic nitrogens is 3. The van der Waals surface area contributed by atoms with E-state index in [1.807, 2.05) is 54.6 Å². The number of benzene rings is 2. The second-order valence-electron chi connectivity index (χ2n) is 9.68. The highest BCUT2D eigenvalue weighted by Gasteiger charge is 2.33. The van der Waals surface area contributed by atoms with Crippen LogP contribution in [0, 0.1) is 19.7 Å². The third kappa shape index (κ3) is 4.86. The lowest BCUT2D eigenvalue weighted by Crippen LogP contribution is -2.43. The van der Waals surface area contributed by atoms with Gasteiger partial charge >= 0.3 is 0 Å². The predicted molar refractivity (Wildman–Crippen MR) is 152 cm³/mol. The van der Waals surface area contributed by atoms with Gasteiger partial charge in [0.1, 0.15) is 22.2 Å². The molecule has 1 atom stereocenters. The Kier molecular flexibility index (Phi) is 6.74. The molecular weight excluding hydrogens is 533 g/mol. The zero-order valence-corrected chi connectivity index (χ0v) is 23.1. The van der Waals surface area contributed by atoms with Crippen LogP contribution in [0.15, 0.2) is 60.1 Å². The average Bonchev–Trinajstić information content (AvgIpc) is 3.71. The first-order chi connectivity index (χ1) is 18.9. The Morgan fingerprint density at radius 3 is 2.72 bits per heavy atom. The van der Waals surface area contributed by atoms with E-state index in [1.165, 1.54) is 34.8 Å². The lowest BCUT2D eigenvalue weighted by Gasteiger charge is -2.24. The topological polar surface area (TPSA) is 79.6 Å². The van der Waals surface area contributed by atoms with Crippen molar-refractivity contribution < 1.29 is 14.0 Å². The van der Waals surface area contributed by atoms with Crippen LogP contribution < -0.4 is 5.32 Å². The first kappa shape index (κ1) is 25.4. The van der Waals surface area contributed by atoms with Gasteiger partial charge in [-0.25, -0.2) is 14.4 Å². The molecule has 3 aromatic heterocycles. The number of imidazole rings is 1. The van der Waals surface area contributed by atoms with E-state index in [1.54, 1.807) is 16.5 Å². The van der Waals surface area contributed by atoms with Gasteiger partial charge in [-0.2, -0.15) is 0 Å². The molecule has 39 heavy (non-hydrogen) atoms. The number of carbonyl (C=O) groups excluding carboxylic acids is 2. The van der Waals surface area contributed by atoms with Crippen molar-refractivity contribution >= 4 is 39.4 Å². The molecule has 198 valence electrons. The van der Waals surface area contributed by atoms with Crippen molar-refractivity contribution in [3.63, 3.8) is 0 Å². The van der Waals surface area contributed by atoms with Crippen molar-refractivity contribution in [3.05, 3.63) is 88.6 Å². The van der Waals surface area contributed by atoms with Crippen LogP contribution >= 0.6 is 22.7 Å². The summed E-state index contributed by atoms with van der Waals surface area (Å²) in [4.78, 5) is 39.6. The van der Waals surface area contributed by atoms with Crippen LogP contribution in [0.4, 0.5) is 4.39 Å². The quantitative estimate of drug-likeness (QED) is 0.278. The van der Waals surface area contributed by atoms with Gasteiger partial charge in [-0.1, -0.05) is 35.9 Å². The van der Waals surface area contributed by atoms with E-state index in [2.05, 4.69) is 10.3 Å². The van der Waals surface area contributed by atoms with Crippen LogP contribution in [0.5, 0.6) is 0 Å². The van der Waals surface area contributed by atoms with Gasteiger partial charge in [0.05, 0.1) is 10.6 Å². The number of likely N-dealkylation sites (tertiary alicyclic amines) is 1. The van der Waals surface area contributed by atoms with E-state index in [0.29, 0.717) is 35.0 Å². The fourth-order valence-corrected chi connectivity index (χ4v) is 6.89. The summed E-state index contributed by atoms with van der Waals surface area (Å²) in [5.41, 5.74) is 4.33. The van der Waals surface area contributed by atoms with Gasteiger partial charge in [0.2, 0.25) is 0 Å². The summed E-state index contributed by atoms with van der Waals surface area (Å²) in [6.45, 7) is 4.76. The summed E-state index contributed by atoms with van der Waals surface area (Å²) in [6.07, 6.45) is 3.46. The minimum absolute atomic E-state index is 0.155. The number of amides is 2. The number of hydrogen-bond donors (Lipinski definition) is 1. The Morgan fingerprint density at radius 1 is 1.10 bits per heavy atom. The molecule has 2 amide bonds. The lowest BCUT2D eigenvalue weighted by molar-refractivity contribution is 0.0720. The smallest absolute Gasteiger partial charge is 0.274 e. The molecule has 0 aliphatic carbocycles. The zero-order valence-electron chi connectivity index (χ0n) is 21.5. The third-order valence-electron chi connectivity index (χ3n) is 6.99. The molecule has 0 spiro atoms. The molecule has 6 rings (SSSR count). The normalized spacial score (nSPS) is 15.3. The number of rotatable bonds is 6. The second kappa shape index (κ2) is 10.3. The number of thiazole rings is 2. The van der Waals surface area contributed by atoms with Crippen molar-refractivity contribution in [2.24, 2.45) is 0 Å². The van der Waals surface area contributed by atoms with Gasteiger partial charge in [-0.3, -0.25) is 14.0 Å². The number of nitrogens with zero attached hydrogens (tertiary/aromatic N) is 4. The molecule has 0 saturated carbocycles. The SMILES string of the molecule is Cc1cccc(-c2nc(C(=O)N3CCC[C@H]3CNC(=O)c3c(C)nc4sccn34)c(-c3ccc(F)cc3)s2)c1. The minimum atomic E-state index is -0.335. The van der Waals surface area contributed by atoms with E-state index >= 15 is 0 Å². The second-order valence-corrected chi connectivity index (χ2v) is 11.6. The first-order valence-corrected chi connectivity index (χ1v) is 14.4. The van der Waals surface area contributed by atoms with Crippen molar-refractivity contribution in [2.45, 2.75) is 32.7 Å². The number of fused-ring (bicyclic) bond motifs is 1. The van der Waals surface area contributed by atoms with Crippen LogP contribution in [0.2, 0.25) is 0 Å². The van der Waals surface area contributed by atoms with Crippen molar-refractivity contribution in [2.75, 3.05) is 13.1 Å². The van der Waals surface area contributed by atoms with Gasteiger partial charge in [0.25, 0.3) is 11.8 Å². The summed E-state index contributed by atoms with van der Waals surface area (Å²) in [5.74, 6) is -0.722. The molecule has 5 aromatic rings. The lowest BCUT2D eigenvalue weighted by atomic mass is 10.1. The highest BCUT2D eigenvalue weighted by atomic mass is 32.1. The molecule has 1 fully saturated rings. The number of hydrogen-bond acceptors (Lipinski definition) is 6. The van der Waals surface area contributed by atoms with E-state index < -0.39 is 0 Å². The minimum Gasteiger partial charge on any atom is -0.349 e. The molecular formula is C29H26FN5O2S2. The summed E-state index contributed by atoms with van der Waals surface area (Å²) in [5, 5.41) is 5.66. The maximum absolute atomic E-state index is 14.0. The Morgan fingerprint density at radius 2 is 1.92 bits per heavy atom. The number of halogens is 1. The molecule has 2 aromatic carbocycles. The van der Waals surface area contributed by atoms with Crippen LogP contribution in [-0.4, -0.2) is 50.2 Å². The fraction of sp³-hybridized carbons (Fsp3) is 0.241. The van der Waals surface area contributed by atoms with E-state index in [-0.39, 0.29) is 23.7 Å². The summed E-state index contributed by atoms with van der Waals surface area (Å²) >= 11 is 2.91. The number of aryl methyl sites for hydroxylation is 2. The maximum atomic E-state index is 14.0. The standard InChI is InChI=1S/C29H26FN5O2S2/c1-17-5-3-6-20(15-17)27-33-23(25(39-27)19-8-10-21(30)11-9-19)28(37)34-12-4-7-22(34)16-31-26(36)24-18(2)32-29-35(24)13-14-38-29/h3,5-6,8-11,13-15,22H,4,7,12,16H2,1-2H3,(H,31,36)/t22-/m0/s1. The molecule has 1 saturated heterocycles. The highest BCUT2D eigenvalue weighted by molar-refractivity contribution is 7.18. The van der Waals surface area contributed by atoms with Gasteiger partial charge in [0.15, 0.2) is 4.96 Å². The number of nitrogens with one attached hydrogen (secondary N) is 1. The van der Waals surface area contributed by atoms with Crippen LogP contribution in [-0.2, 0) is 0 Å². The van der Waals surface area contributed by atoms with Crippen molar-refractivity contribution in [1.29, 1.82) is 0 Å². The number of carbonyl (C=O) groups is 2. The Labute approximate surface area is 233 Å². The van der Waals surface area contributed by atoms with Gasteiger partial charge in [-0.15, -0.1) is 22.7 Å². The Balaban J connectivity index is 1.27. The van der Waals surface area contributed by atoms with Gasteiger partial charge in [-0.05, 0) is 50.5 Å². The maximum Gasteiger partial charge on any atom is 0.274 e. The van der Waals surface area contributed by atoms with E-state index in [0.717, 1.165) is 39.5 Å². The largest absolute Gasteiger partial charge is 0.349 e. The molecule has 10 heteroatoms. The third-order valence-corrected chi connectivity index (χ3v) is 8.90. The molecule has 0 bridgehead atoms. The molecule has 0 unspecified atom stereocenters. The molecule has 4 heterocycles. The van der Waals surface area contributed by atoms with Crippen LogP contribution in [0.3, 0.4) is 0 Å². The van der Waals surface area contributed by atoms with Crippen molar-refractivity contribution in [3.8, 4) is 21.0 Å². The first-order valence-electron chi connectivity index (χ1n) is 12.7. The molecule has 1 aliphatic heterocycles. The highest BCUT2D eigenvalue weighted by Crippen LogP contribution is 2.37. The molecule has 0 radical (unpaired) electrons. The zero-order chi connectivity index (χ0) is 27.1. The van der Waals surface area contributed by atoms with Gasteiger partial charge in [0, 0.05) is 36.3 Å². The Hall–Kier alpha value is -3.89. The molecule has 1 N–H and O–H groups in total. The summed E-state index contributed by atoms with van der Waals surface area (Å²) < 4.78 is 15.5. The predicted octanol–water partition coefficient (Wildman–Crippen LogP) is 5.98. The van der Waals surface area contributed by atoms with E-state index in [9.17, 15) is 14.0 Å². The van der Waals surface area contributed by atoms with Crippen molar-refractivity contribution in [1.82, 2.24) is 24.6 Å². The average molecular weight is 560 g/mol. The molecule has 7 nitrogen and oxygen atoms in total. The van der Waals surface area contributed by atoms with E-state index in [4.69, 9.17) is 4.98 Å². The monoisotopic (exact) mass is 559 g/mol. The van der Waals surface area contributed by atoms with Crippen LogP contribution in [0.25, 0.3) is 26.0 Å². The Bertz CT molecular complexity index is 1690. The summed E-state index contributed by atoms with van der Waals surface area (Å²) in [7, 11) is 0.